The largest absolute Gasteiger partial charge is 0.418 e. The molecular formula is C18H14F3N3O3. The van der Waals surface area contributed by atoms with Crippen molar-refractivity contribution in [1.29, 1.82) is 0 Å². The Bertz CT molecular complexity index is 877. The summed E-state index contributed by atoms with van der Waals surface area (Å²) in [6.07, 6.45) is -4.61. The number of amides is 4. The van der Waals surface area contributed by atoms with E-state index in [1.807, 2.05) is 0 Å². The summed E-state index contributed by atoms with van der Waals surface area (Å²) in [6.45, 7) is -0.202. The number of imide groups is 1. The van der Waals surface area contributed by atoms with E-state index in [4.69, 9.17) is 0 Å². The summed E-state index contributed by atoms with van der Waals surface area (Å²) in [4.78, 5) is 37.2. The Hall–Kier alpha value is -3.36. The number of benzene rings is 2. The summed E-state index contributed by atoms with van der Waals surface area (Å²) in [5.74, 6) is -0.944. The van der Waals surface area contributed by atoms with Crippen molar-refractivity contribution in [2.75, 3.05) is 18.4 Å². The predicted octanol–water partition coefficient (Wildman–Crippen LogP) is 3.12. The zero-order valence-corrected chi connectivity index (χ0v) is 13.8. The SMILES string of the molecule is O=C(NCCN1C(=O)c2ccccc2C1=O)Nc1ccccc1C(F)(F)F. The molecular weight excluding hydrogens is 363 g/mol. The van der Waals surface area contributed by atoms with Crippen LogP contribution in [-0.4, -0.2) is 35.8 Å². The van der Waals surface area contributed by atoms with Crippen LogP contribution in [-0.2, 0) is 6.18 Å². The van der Waals surface area contributed by atoms with E-state index in [9.17, 15) is 27.6 Å². The predicted molar refractivity (Wildman–Crippen MR) is 90.3 cm³/mol. The molecule has 1 aliphatic heterocycles. The molecule has 0 radical (unpaired) electrons. The number of fused-ring (bicyclic) bond motifs is 1. The van der Waals surface area contributed by atoms with Gasteiger partial charge in [0.25, 0.3) is 11.8 Å². The summed E-state index contributed by atoms with van der Waals surface area (Å²) >= 11 is 0. The molecule has 2 aromatic carbocycles. The molecule has 0 aliphatic carbocycles. The molecule has 0 atom stereocenters. The van der Waals surface area contributed by atoms with Gasteiger partial charge in [0.05, 0.1) is 22.4 Å². The third kappa shape index (κ3) is 3.76. The first-order valence-corrected chi connectivity index (χ1v) is 7.95. The summed E-state index contributed by atoms with van der Waals surface area (Å²) in [6, 6.07) is 10.0. The molecule has 4 amide bonds. The van der Waals surface area contributed by atoms with Gasteiger partial charge >= 0.3 is 12.2 Å². The number of hydrogen-bond donors (Lipinski definition) is 2. The molecule has 0 unspecified atom stereocenters. The first-order valence-electron chi connectivity index (χ1n) is 7.95. The Morgan fingerprint density at radius 2 is 1.48 bits per heavy atom. The van der Waals surface area contributed by atoms with Gasteiger partial charge in [-0.1, -0.05) is 24.3 Å². The van der Waals surface area contributed by atoms with Crippen LogP contribution in [0.25, 0.3) is 0 Å². The van der Waals surface area contributed by atoms with E-state index in [1.54, 1.807) is 12.1 Å². The highest BCUT2D eigenvalue weighted by Crippen LogP contribution is 2.34. The minimum Gasteiger partial charge on any atom is -0.336 e. The second-order valence-electron chi connectivity index (χ2n) is 5.73. The van der Waals surface area contributed by atoms with E-state index in [0.717, 1.165) is 17.0 Å². The quantitative estimate of drug-likeness (QED) is 0.804. The van der Waals surface area contributed by atoms with Crippen LogP contribution in [0.4, 0.5) is 23.7 Å². The molecule has 0 aromatic heterocycles. The number of urea groups is 1. The fourth-order valence-corrected chi connectivity index (χ4v) is 2.73. The smallest absolute Gasteiger partial charge is 0.336 e. The zero-order chi connectivity index (χ0) is 19.6. The Morgan fingerprint density at radius 1 is 0.926 bits per heavy atom. The van der Waals surface area contributed by atoms with Gasteiger partial charge in [-0.15, -0.1) is 0 Å². The summed E-state index contributed by atoms with van der Waals surface area (Å²) < 4.78 is 38.8. The number of halogens is 3. The molecule has 1 heterocycles. The fraction of sp³-hybridized carbons (Fsp3) is 0.167. The van der Waals surface area contributed by atoms with Gasteiger partial charge in [0.2, 0.25) is 0 Å². The Balaban J connectivity index is 1.57. The number of rotatable bonds is 4. The van der Waals surface area contributed by atoms with Gasteiger partial charge in [0.1, 0.15) is 0 Å². The van der Waals surface area contributed by atoms with Gasteiger partial charge in [-0.3, -0.25) is 14.5 Å². The molecule has 0 saturated heterocycles. The number of para-hydroxylation sites is 1. The zero-order valence-electron chi connectivity index (χ0n) is 13.8. The monoisotopic (exact) mass is 377 g/mol. The molecule has 0 saturated carbocycles. The van der Waals surface area contributed by atoms with Crippen LogP contribution in [0.3, 0.4) is 0 Å². The molecule has 0 spiro atoms. The highest BCUT2D eigenvalue weighted by molar-refractivity contribution is 6.21. The van der Waals surface area contributed by atoms with Crippen LogP contribution in [0.1, 0.15) is 26.3 Å². The van der Waals surface area contributed by atoms with E-state index in [0.29, 0.717) is 0 Å². The van der Waals surface area contributed by atoms with Crippen LogP contribution < -0.4 is 10.6 Å². The van der Waals surface area contributed by atoms with E-state index in [-0.39, 0.29) is 29.9 Å². The van der Waals surface area contributed by atoms with Crippen molar-refractivity contribution in [3.05, 3.63) is 65.2 Å². The summed E-state index contributed by atoms with van der Waals surface area (Å²) in [5, 5.41) is 4.46. The lowest BCUT2D eigenvalue weighted by Crippen LogP contribution is -2.39. The van der Waals surface area contributed by atoms with Crippen molar-refractivity contribution in [1.82, 2.24) is 10.2 Å². The Morgan fingerprint density at radius 3 is 2.07 bits per heavy atom. The maximum absolute atomic E-state index is 12.9. The lowest BCUT2D eigenvalue weighted by atomic mass is 10.1. The Kier molecular flexibility index (Phi) is 4.85. The van der Waals surface area contributed by atoms with Crippen LogP contribution in [0.2, 0.25) is 0 Å². The van der Waals surface area contributed by atoms with Crippen molar-refractivity contribution in [3.8, 4) is 0 Å². The number of carbonyl (C=O) groups excluding carboxylic acids is 3. The fourth-order valence-electron chi connectivity index (χ4n) is 2.73. The van der Waals surface area contributed by atoms with E-state index in [2.05, 4.69) is 10.6 Å². The molecule has 2 N–H and O–H groups in total. The number of hydrogen-bond acceptors (Lipinski definition) is 3. The van der Waals surface area contributed by atoms with Crippen molar-refractivity contribution in [2.45, 2.75) is 6.18 Å². The minimum absolute atomic E-state index is 0.0965. The molecule has 9 heteroatoms. The lowest BCUT2D eigenvalue weighted by Gasteiger charge is -2.16. The van der Waals surface area contributed by atoms with Gasteiger partial charge in [-0.2, -0.15) is 13.2 Å². The highest BCUT2D eigenvalue weighted by Gasteiger charge is 2.35. The van der Waals surface area contributed by atoms with Gasteiger partial charge in [-0.05, 0) is 24.3 Å². The highest BCUT2D eigenvalue weighted by atomic mass is 19.4. The number of nitrogens with one attached hydrogen (secondary N) is 2. The van der Waals surface area contributed by atoms with Crippen molar-refractivity contribution >= 4 is 23.5 Å². The van der Waals surface area contributed by atoms with Crippen molar-refractivity contribution in [3.63, 3.8) is 0 Å². The number of anilines is 1. The average molecular weight is 377 g/mol. The topological polar surface area (TPSA) is 78.5 Å². The maximum Gasteiger partial charge on any atom is 0.418 e. The number of nitrogens with zero attached hydrogens (tertiary/aromatic N) is 1. The van der Waals surface area contributed by atoms with Gasteiger partial charge in [0, 0.05) is 13.1 Å². The van der Waals surface area contributed by atoms with Gasteiger partial charge in [0.15, 0.2) is 0 Å². The molecule has 0 bridgehead atoms. The van der Waals surface area contributed by atoms with Crippen LogP contribution in [0, 0.1) is 0 Å². The third-order valence-corrected chi connectivity index (χ3v) is 3.98. The standard InChI is InChI=1S/C18H14F3N3O3/c19-18(20,21)13-7-3-4-8-14(13)23-17(27)22-9-10-24-15(25)11-5-1-2-6-12(11)16(24)26/h1-8H,9-10H2,(H2,22,23,27). The normalized spacial score (nSPS) is 13.5. The first kappa shape index (κ1) is 18.4. The van der Waals surface area contributed by atoms with Crippen LogP contribution in [0.5, 0.6) is 0 Å². The molecule has 3 rings (SSSR count). The van der Waals surface area contributed by atoms with Crippen LogP contribution in [0.15, 0.2) is 48.5 Å². The van der Waals surface area contributed by atoms with Gasteiger partial charge in [-0.25, -0.2) is 4.79 Å². The minimum atomic E-state index is -4.61. The Labute approximate surface area is 152 Å². The van der Waals surface area contributed by atoms with E-state index in [1.165, 1.54) is 24.3 Å². The first-order chi connectivity index (χ1) is 12.8. The number of carbonyl (C=O) groups is 3. The molecule has 140 valence electrons. The summed E-state index contributed by atoms with van der Waals surface area (Å²) in [5.41, 5.74) is -0.791. The van der Waals surface area contributed by atoms with Gasteiger partial charge < -0.3 is 10.6 Å². The summed E-state index contributed by atoms with van der Waals surface area (Å²) in [7, 11) is 0. The van der Waals surface area contributed by atoms with E-state index >= 15 is 0 Å². The second-order valence-corrected chi connectivity index (χ2v) is 5.73. The average Bonchev–Trinajstić information content (AvgIpc) is 2.86. The molecule has 27 heavy (non-hydrogen) atoms. The molecule has 1 aliphatic rings. The van der Waals surface area contributed by atoms with Crippen molar-refractivity contribution in [2.24, 2.45) is 0 Å². The third-order valence-electron chi connectivity index (χ3n) is 3.98. The second kappa shape index (κ2) is 7.10. The molecule has 0 fully saturated rings. The van der Waals surface area contributed by atoms with Crippen LogP contribution >= 0.6 is 0 Å². The lowest BCUT2D eigenvalue weighted by molar-refractivity contribution is -0.136. The maximum atomic E-state index is 12.9. The molecule has 2 aromatic rings. The number of alkyl halides is 3. The molecule has 6 nitrogen and oxygen atoms in total. The van der Waals surface area contributed by atoms with E-state index < -0.39 is 29.6 Å². The van der Waals surface area contributed by atoms with Crippen molar-refractivity contribution < 1.29 is 27.6 Å².